The van der Waals surface area contributed by atoms with Gasteiger partial charge in [-0.3, -0.25) is 10.1 Å². The summed E-state index contributed by atoms with van der Waals surface area (Å²) in [6.07, 6.45) is 0.847. The summed E-state index contributed by atoms with van der Waals surface area (Å²) >= 11 is 0. The predicted octanol–water partition coefficient (Wildman–Crippen LogP) is 1.46. The van der Waals surface area contributed by atoms with E-state index in [9.17, 15) is 4.79 Å². The lowest BCUT2D eigenvalue weighted by molar-refractivity contribution is -0.130. The molecule has 1 fully saturated rings. The van der Waals surface area contributed by atoms with Crippen LogP contribution in [0.2, 0.25) is 0 Å². The van der Waals surface area contributed by atoms with Crippen LogP contribution in [0.4, 0.5) is 0 Å². The van der Waals surface area contributed by atoms with E-state index < -0.39 is 0 Å². The highest BCUT2D eigenvalue weighted by molar-refractivity contribution is 5.84. The van der Waals surface area contributed by atoms with E-state index in [4.69, 9.17) is 0 Å². The molecular formula is C15H23N3O. The van der Waals surface area contributed by atoms with Crippen molar-refractivity contribution in [2.45, 2.75) is 25.6 Å². The molecule has 0 aromatic heterocycles. The Morgan fingerprint density at radius 2 is 1.95 bits per heavy atom. The number of nitrogens with zero attached hydrogens (tertiary/aromatic N) is 2. The molecule has 4 nitrogen and oxygen atoms in total. The van der Waals surface area contributed by atoms with Crippen LogP contribution in [0, 0.1) is 0 Å². The number of nitrogens with one attached hydrogen (secondary N) is 1. The Morgan fingerprint density at radius 3 is 2.53 bits per heavy atom. The van der Waals surface area contributed by atoms with Crippen molar-refractivity contribution in [2.24, 2.45) is 0 Å². The fourth-order valence-electron chi connectivity index (χ4n) is 2.43. The lowest BCUT2D eigenvalue weighted by atomic mass is 10.1. The summed E-state index contributed by atoms with van der Waals surface area (Å²) in [6, 6.07) is 10.1. The highest BCUT2D eigenvalue weighted by Gasteiger charge is 2.38. The van der Waals surface area contributed by atoms with Crippen LogP contribution in [0.25, 0.3) is 0 Å². The molecule has 2 unspecified atom stereocenters. The summed E-state index contributed by atoms with van der Waals surface area (Å²) in [5.41, 5.74) is 1.16. The summed E-state index contributed by atoms with van der Waals surface area (Å²) in [4.78, 5) is 16.4. The number of rotatable bonds is 5. The maximum absolute atomic E-state index is 12.4. The van der Waals surface area contributed by atoms with Gasteiger partial charge in [-0.1, -0.05) is 37.3 Å². The molecule has 0 bridgehead atoms. The van der Waals surface area contributed by atoms with Gasteiger partial charge in [-0.25, -0.2) is 0 Å². The molecule has 0 aliphatic carbocycles. The van der Waals surface area contributed by atoms with Gasteiger partial charge in [0, 0.05) is 13.1 Å². The summed E-state index contributed by atoms with van der Waals surface area (Å²) in [5.74, 6) is 0.221. The van der Waals surface area contributed by atoms with Crippen LogP contribution < -0.4 is 5.32 Å². The molecule has 4 heteroatoms. The summed E-state index contributed by atoms with van der Waals surface area (Å²) in [6.45, 7) is 3.69. The first kappa shape index (κ1) is 14.0. The van der Waals surface area contributed by atoms with Crippen molar-refractivity contribution in [2.75, 3.05) is 27.2 Å². The zero-order valence-electron chi connectivity index (χ0n) is 12.0. The standard InChI is InChI=1S/C15H23N3O/c1-4-13-15(19)18(11-10-17(2)3)14(16-13)12-8-6-5-7-9-12/h5-9,13-14,16H,4,10-11H2,1-3H3. The van der Waals surface area contributed by atoms with Gasteiger partial charge in [0.25, 0.3) is 0 Å². The number of benzene rings is 1. The first-order valence-corrected chi connectivity index (χ1v) is 6.89. The second kappa shape index (κ2) is 6.17. The smallest absolute Gasteiger partial charge is 0.241 e. The van der Waals surface area contributed by atoms with E-state index in [0.29, 0.717) is 0 Å². The molecule has 1 heterocycles. The average molecular weight is 261 g/mol. The van der Waals surface area contributed by atoms with E-state index in [1.807, 2.05) is 44.1 Å². The summed E-state index contributed by atoms with van der Waals surface area (Å²) in [5, 5.41) is 3.44. The van der Waals surface area contributed by atoms with Gasteiger partial charge in [-0.15, -0.1) is 0 Å². The molecule has 1 saturated heterocycles. The van der Waals surface area contributed by atoms with Crippen LogP contribution in [-0.4, -0.2) is 48.9 Å². The molecule has 2 atom stereocenters. The van der Waals surface area contributed by atoms with Gasteiger partial charge in [0.05, 0.1) is 6.04 Å². The normalized spacial score (nSPS) is 23.4. The molecule has 1 aromatic rings. The molecule has 1 aliphatic heterocycles. The lowest BCUT2D eigenvalue weighted by Gasteiger charge is -2.26. The maximum atomic E-state index is 12.4. The van der Waals surface area contributed by atoms with Crippen molar-refractivity contribution in [3.8, 4) is 0 Å². The number of hydrogen-bond donors (Lipinski definition) is 1. The second-order valence-electron chi connectivity index (χ2n) is 5.28. The molecule has 1 amide bonds. The maximum Gasteiger partial charge on any atom is 0.241 e. The van der Waals surface area contributed by atoms with Crippen LogP contribution in [0.5, 0.6) is 0 Å². The number of likely N-dealkylation sites (N-methyl/N-ethyl adjacent to an activating group) is 1. The fraction of sp³-hybridized carbons (Fsp3) is 0.533. The number of carbonyl (C=O) groups is 1. The minimum absolute atomic E-state index is 0.0126. The summed E-state index contributed by atoms with van der Waals surface area (Å²) in [7, 11) is 4.06. The molecule has 104 valence electrons. The number of carbonyl (C=O) groups excluding carboxylic acids is 1. The Hall–Kier alpha value is -1.39. The quantitative estimate of drug-likeness (QED) is 0.871. The van der Waals surface area contributed by atoms with E-state index >= 15 is 0 Å². The fourth-order valence-corrected chi connectivity index (χ4v) is 2.43. The van der Waals surface area contributed by atoms with Crippen LogP contribution in [-0.2, 0) is 4.79 Å². The van der Waals surface area contributed by atoms with Crippen molar-refractivity contribution in [1.29, 1.82) is 0 Å². The van der Waals surface area contributed by atoms with Crippen LogP contribution >= 0.6 is 0 Å². The zero-order chi connectivity index (χ0) is 13.8. The second-order valence-corrected chi connectivity index (χ2v) is 5.28. The molecule has 0 saturated carbocycles. The topological polar surface area (TPSA) is 35.6 Å². The van der Waals surface area contributed by atoms with E-state index in [-0.39, 0.29) is 18.1 Å². The third kappa shape index (κ3) is 3.14. The van der Waals surface area contributed by atoms with Crippen LogP contribution in [0.3, 0.4) is 0 Å². The van der Waals surface area contributed by atoms with Crippen LogP contribution in [0.15, 0.2) is 30.3 Å². The van der Waals surface area contributed by atoms with E-state index in [2.05, 4.69) is 22.3 Å². The van der Waals surface area contributed by atoms with E-state index in [0.717, 1.165) is 25.1 Å². The Kier molecular flexibility index (Phi) is 4.56. The Balaban J connectivity index is 2.17. The molecule has 1 aliphatic rings. The molecule has 1 N–H and O–H groups in total. The van der Waals surface area contributed by atoms with Gasteiger partial charge in [0.15, 0.2) is 0 Å². The SMILES string of the molecule is CCC1NC(c2ccccc2)N(CCN(C)C)C1=O. The average Bonchev–Trinajstić information content (AvgIpc) is 2.74. The van der Waals surface area contributed by atoms with Gasteiger partial charge < -0.3 is 9.80 Å². The first-order chi connectivity index (χ1) is 9.13. The predicted molar refractivity (Wildman–Crippen MR) is 76.7 cm³/mol. The van der Waals surface area contributed by atoms with Gasteiger partial charge in [0.1, 0.15) is 6.17 Å². The monoisotopic (exact) mass is 261 g/mol. The minimum Gasteiger partial charge on any atom is -0.320 e. The molecule has 0 spiro atoms. The highest BCUT2D eigenvalue weighted by Crippen LogP contribution is 2.25. The first-order valence-electron chi connectivity index (χ1n) is 6.89. The van der Waals surface area contributed by atoms with Crippen molar-refractivity contribution in [1.82, 2.24) is 15.1 Å². The number of amides is 1. The minimum atomic E-state index is -0.0487. The molecule has 0 radical (unpaired) electrons. The van der Waals surface area contributed by atoms with E-state index in [1.165, 1.54) is 0 Å². The molecule has 19 heavy (non-hydrogen) atoms. The van der Waals surface area contributed by atoms with Crippen molar-refractivity contribution < 1.29 is 4.79 Å². The van der Waals surface area contributed by atoms with Gasteiger partial charge in [0.2, 0.25) is 5.91 Å². The third-order valence-corrected chi connectivity index (χ3v) is 3.56. The molecule has 1 aromatic carbocycles. The number of hydrogen-bond acceptors (Lipinski definition) is 3. The Morgan fingerprint density at radius 1 is 1.26 bits per heavy atom. The molecule has 2 rings (SSSR count). The third-order valence-electron chi connectivity index (χ3n) is 3.56. The van der Waals surface area contributed by atoms with Crippen LogP contribution in [0.1, 0.15) is 25.1 Å². The molecular weight excluding hydrogens is 238 g/mol. The Bertz CT molecular complexity index is 419. The van der Waals surface area contributed by atoms with Crippen molar-refractivity contribution >= 4 is 5.91 Å². The lowest BCUT2D eigenvalue weighted by Crippen LogP contribution is -2.36. The zero-order valence-corrected chi connectivity index (χ0v) is 12.0. The van der Waals surface area contributed by atoms with E-state index in [1.54, 1.807) is 0 Å². The van der Waals surface area contributed by atoms with Gasteiger partial charge in [-0.2, -0.15) is 0 Å². The van der Waals surface area contributed by atoms with Gasteiger partial charge >= 0.3 is 0 Å². The Labute approximate surface area is 115 Å². The highest BCUT2D eigenvalue weighted by atomic mass is 16.2. The van der Waals surface area contributed by atoms with Gasteiger partial charge in [-0.05, 0) is 26.1 Å². The van der Waals surface area contributed by atoms with Crippen molar-refractivity contribution in [3.05, 3.63) is 35.9 Å². The largest absolute Gasteiger partial charge is 0.320 e. The van der Waals surface area contributed by atoms with Crippen molar-refractivity contribution in [3.63, 3.8) is 0 Å². The summed E-state index contributed by atoms with van der Waals surface area (Å²) < 4.78 is 0.